The minimum absolute atomic E-state index is 0.00124. The first-order valence-corrected chi connectivity index (χ1v) is 14.0. The molecular formula is C25H30ClN6O5P. The molecule has 38 heavy (non-hydrogen) atoms. The smallest absolute Gasteiger partial charge is 0.324 e. The van der Waals surface area contributed by atoms with E-state index in [-0.39, 0.29) is 18.6 Å². The summed E-state index contributed by atoms with van der Waals surface area (Å²) in [5.74, 6) is 0.0931. The van der Waals surface area contributed by atoms with Crippen LogP contribution < -0.4 is 10.6 Å². The van der Waals surface area contributed by atoms with Crippen LogP contribution in [0, 0.1) is 0 Å². The largest absolute Gasteiger partial charge is 0.469 e. The van der Waals surface area contributed by atoms with Gasteiger partial charge in [0.2, 0.25) is 11.9 Å². The lowest BCUT2D eigenvalue weighted by Crippen LogP contribution is -2.50. The van der Waals surface area contributed by atoms with Crippen LogP contribution in [0.4, 0.5) is 11.6 Å². The molecule has 2 heterocycles. The number of phosphoric acid groups is 1. The van der Waals surface area contributed by atoms with Crippen molar-refractivity contribution in [1.82, 2.24) is 19.8 Å². The molecular weight excluding hydrogens is 531 g/mol. The standard InChI is InChI=1S/C25H30ClN6O5P/c1-2-23(33)28-19-6-3-5-18(15-19)24-22(26)17-27-25(30-24)29-20-7-4-8-21(16-20)32-11-9-31(10-12-32)13-14-37-38(34,35)36/h2-7,15-17,21H,1,8-14H2,(H,28,33)(H,27,29,30)(H2,34,35,36). The third kappa shape index (κ3) is 8.05. The van der Waals surface area contributed by atoms with E-state index in [0.717, 1.165) is 43.9 Å². The van der Waals surface area contributed by atoms with E-state index in [1.807, 2.05) is 12.1 Å². The Balaban J connectivity index is 1.38. The van der Waals surface area contributed by atoms with Crippen LogP contribution in [0.1, 0.15) is 6.42 Å². The monoisotopic (exact) mass is 560 g/mol. The number of nitrogens with one attached hydrogen (secondary N) is 2. The molecule has 13 heteroatoms. The Morgan fingerprint density at radius 2 is 2.08 bits per heavy atom. The van der Waals surface area contributed by atoms with Crippen molar-refractivity contribution in [2.24, 2.45) is 0 Å². The molecule has 1 fully saturated rings. The minimum atomic E-state index is -4.43. The summed E-state index contributed by atoms with van der Waals surface area (Å²) in [5.41, 5.74) is 2.75. The number of aromatic nitrogens is 2. The molecule has 2 aliphatic rings. The van der Waals surface area contributed by atoms with Gasteiger partial charge in [-0.05, 0) is 36.8 Å². The Bertz CT molecular complexity index is 1270. The van der Waals surface area contributed by atoms with E-state index in [1.165, 1.54) is 6.08 Å². The van der Waals surface area contributed by atoms with Gasteiger partial charge in [0.15, 0.2) is 0 Å². The van der Waals surface area contributed by atoms with E-state index in [2.05, 4.69) is 53.7 Å². The molecule has 1 amide bonds. The summed E-state index contributed by atoms with van der Waals surface area (Å²) in [6, 6.07) is 7.42. The van der Waals surface area contributed by atoms with E-state index in [9.17, 15) is 9.36 Å². The van der Waals surface area contributed by atoms with Crippen LogP contribution in [-0.4, -0.2) is 80.8 Å². The highest BCUT2D eigenvalue weighted by molar-refractivity contribution is 7.46. The quantitative estimate of drug-likeness (QED) is 0.253. The Morgan fingerprint density at radius 3 is 2.82 bits per heavy atom. The molecule has 11 nitrogen and oxygen atoms in total. The molecule has 1 aromatic heterocycles. The van der Waals surface area contributed by atoms with Gasteiger partial charge in [-0.3, -0.25) is 19.1 Å². The van der Waals surface area contributed by atoms with Crippen LogP contribution in [-0.2, 0) is 13.9 Å². The van der Waals surface area contributed by atoms with Crippen molar-refractivity contribution < 1.29 is 23.7 Å². The van der Waals surface area contributed by atoms with Crippen molar-refractivity contribution in [2.75, 3.05) is 50.0 Å². The topological polar surface area (TPSA) is 140 Å². The average Bonchev–Trinajstić information content (AvgIpc) is 2.90. The van der Waals surface area contributed by atoms with E-state index in [0.29, 0.717) is 28.9 Å². The molecule has 1 aromatic carbocycles. The second kappa shape index (κ2) is 12.8. The summed E-state index contributed by atoms with van der Waals surface area (Å²) in [7, 11) is -4.43. The Kier molecular flexibility index (Phi) is 9.45. The second-order valence-corrected chi connectivity index (χ2v) is 10.5. The van der Waals surface area contributed by atoms with Crippen molar-refractivity contribution in [2.45, 2.75) is 12.5 Å². The summed E-state index contributed by atoms with van der Waals surface area (Å²) in [5, 5.41) is 6.40. The van der Waals surface area contributed by atoms with Crippen LogP contribution >= 0.6 is 19.4 Å². The molecule has 0 bridgehead atoms. The van der Waals surface area contributed by atoms with Gasteiger partial charge in [-0.1, -0.05) is 36.4 Å². The summed E-state index contributed by atoms with van der Waals surface area (Å²) >= 11 is 6.41. The summed E-state index contributed by atoms with van der Waals surface area (Å²) in [6.45, 7) is 7.19. The number of benzene rings is 1. The number of nitrogens with zero attached hydrogens (tertiary/aromatic N) is 4. The van der Waals surface area contributed by atoms with Crippen LogP contribution in [0.2, 0.25) is 5.02 Å². The zero-order valence-corrected chi connectivity index (χ0v) is 22.3. The fraction of sp³-hybridized carbons (Fsp3) is 0.320. The zero-order valence-electron chi connectivity index (χ0n) is 20.7. The van der Waals surface area contributed by atoms with Crippen LogP contribution in [0.25, 0.3) is 11.3 Å². The van der Waals surface area contributed by atoms with Crippen LogP contribution in [0.5, 0.6) is 0 Å². The summed E-state index contributed by atoms with van der Waals surface area (Å²) in [4.78, 5) is 42.8. The summed E-state index contributed by atoms with van der Waals surface area (Å²) in [6.07, 6.45) is 9.88. The SMILES string of the molecule is C=CC(=O)Nc1cccc(-c2nc(NC3=CC(N4CCN(CCOP(=O)(O)O)CC4)CC=C3)ncc2Cl)c1. The van der Waals surface area contributed by atoms with E-state index in [4.69, 9.17) is 21.4 Å². The molecule has 2 aromatic rings. The third-order valence-electron chi connectivity index (χ3n) is 6.18. The molecule has 1 aliphatic heterocycles. The number of carbonyl (C=O) groups excluding carboxylic acids is 1. The first-order valence-electron chi connectivity index (χ1n) is 12.1. The van der Waals surface area contributed by atoms with Crippen molar-refractivity contribution in [3.63, 3.8) is 0 Å². The maximum atomic E-state index is 11.7. The predicted molar refractivity (Wildman–Crippen MR) is 147 cm³/mol. The molecule has 0 spiro atoms. The lowest BCUT2D eigenvalue weighted by atomic mass is 10.0. The molecule has 1 aliphatic carbocycles. The number of halogens is 1. The van der Waals surface area contributed by atoms with Crippen LogP contribution in [0.3, 0.4) is 0 Å². The number of amides is 1. The maximum absolute atomic E-state index is 11.7. The highest BCUT2D eigenvalue weighted by atomic mass is 35.5. The Morgan fingerprint density at radius 1 is 1.29 bits per heavy atom. The average molecular weight is 561 g/mol. The molecule has 1 unspecified atom stereocenters. The van der Waals surface area contributed by atoms with Gasteiger partial charge in [0.05, 0.1) is 23.5 Å². The van der Waals surface area contributed by atoms with Gasteiger partial charge in [-0.2, -0.15) is 0 Å². The maximum Gasteiger partial charge on any atom is 0.469 e. The van der Waals surface area contributed by atoms with E-state index < -0.39 is 7.82 Å². The van der Waals surface area contributed by atoms with E-state index >= 15 is 0 Å². The molecule has 0 saturated carbocycles. The number of piperazine rings is 1. The lowest BCUT2D eigenvalue weighted by molar-refractivity contribution is -0.111. The van der Waals surface area contributed by atoms with Gasteiger partial charge >= 0.3 is 7.82 Å². The number of phosphoric ester groups is 1. The van der Waals surface area contributed by atoms with Crippen molar-refractivity contribution in [3.8, 4) is 11.3 Å². The first kappa shape index (κ1) is 28.1. The zero-order chi connectivity index (χ0) is 27.1. The first-order chi connectivity index (χ1) is 18.2. The van der Waals surface area contributed by atoms with E-state index in [1.54, 1.807) is 24.4 Å². The summed E-state index contributed by atoms with van der Waals surface area (Å²) < 4.78 is 15.4. The van der Waals surface area contributed by atoms with Gasteiger partial charge in [-0.15, -0.1) is 0 Å². The van der Waals surface area contributed by atoms with Crippen molar-refractivity contribution in [1.29, 1.82) is 0 Å². The normalized spacial score (nSPS) is 18.6. The Labute approximate surface area is 226 Å². The number of hydrogen-bond donors (Lipinski definition) is 4. The predicted octanol–water partition coefficient (Wildman–Crippen LogP) is 3.27. The fourth-order valence-corrected chi connectivity index (χ4v) is 4.83. The van der Waals surface area contributed by atoms with Gasteiger partial charge in [0.25, 0.3) is 0 Å². The van der Waals surface area contributed by atoms with Gasteiger partial charge < -0.3 is 20.4 Å². The number of anilines is 2. The highest BCUT2D eigenvalue weighted by Crippen LogP contribution is 2.35. The Hall–Kier alpha value is -2.89. The molecule has 0 radical (unpaired) electrons. The molecule has 4 N–H and O–H groups in total. The second-order valence-electron chi connectivity index (χ2n) is 8.82. The number of hydrogen-bond acceptors (Lipinski definition) is 8. The third-order valence-corrected chi connectivity index (χ3v) is 6.97. The van der Waals surface area contributed by atoms with Crippen molar-refractivity contribution in [3.05, 3.63) is 72.1 Å². The molecule has 1 atom stereocenters. The number of rotatable bonds is 10. The lowest BCUT2D eigenvalue weighted by Gasteiger charge is -2.38. The van der Waals surface area contributed by atoms with Gasteiger partial charge in [-0.25, -0.2) is 14.5 Å². The minimum Gasteiger partial charge on any atom is -0.324 e. The fourth-order valence-electron chi connectivity index (χ4n) is 4.31. The molecule has 202 valence electrons. The molecule has 4 rings (SSSR count). The number of allylic oxidation sites excluding steroid dienone is 1. The number of carbonyl (C=O) groups is 1. The molecule has 1 saturated heterocycles. The van der Waals surface area contributed by atoms with Gasteiger partial charge in [0, 0.05) is 55.7 Å². The van der Waals surface area contributed by atoms with Gasteiger partial charge in [0.1, 0.15) is 0 Å². The highest BCUT2D eigenvalue weighted by Gasteiger charge is 2.24. The van der Waals surface area contributed by atoms with Crippen LogP contribution in [0.15, 0.2) is 67.0 Å². The van der Waals surface area contributed by atoms with Crippen molar-refractivity contribution >= 4 is 37.0 Å².